The van der Waals surface area contributed by atoms with Gasteiger partial charge < -0.3 is 4.74 Å². The lowest BCUT2D eigenvalue weighted by Crippen LogP contribution is -2.61. The molecule has 0 aliphatic carbocycles. The van der Waals surface area contributed by atoms with Gasteiger partial charge in [0, 0.05) is 29.3 Å². The van der Waals surface area contributed by atoms with Crippen molar-refractivity contribution in [2.45, 2.75) is 37.5 Å². The van der Waals surface area contributed by atoms with Crippen LogP contribution in [0.2, 0.25) is 5.02 Å². The first-order valence-corrected chi connectivity index (χ1v) is 9.51. The zero-order valence-corrected chi connectivity index (χ0v) is 16.8. The van der Waals surface area contributed by atoms with E-state index in [4.69, 9.17) is 22.1 Å². The molecule has 1 aliphatic heterocycles. The third-order valence-corrected chi connectivity index (χ3v) is 5.21. The van der Waals surface area contributed by atoms with Crippen LogP contribution in [-0.2, 0) is 10.3 Å². The molecule has 2 aromatic heterocycles. The van der Waals surface area contributed by atoms with Gasteiger partial charge >= 0.3 is 6.18 Å². The van der Waals surface area contributed by atoms with Gasteiger partial charge in [-0.2, -0.15) is 18.3 Å². The predicted molar refractivity (Wildman–Crippen MR) is 104 cm³/mol. The smallest absolute Gasteiger partial charge is 0.337 e. The molecule has 3 atom stereocenters. The summed E-state index contributed by atoms with van der Waals surface area (Å²) in [5.41, 5.74) is 5.38. The van der Waals surface area contributed by atoms with Crippen molar-refractivity contribution in [3.8, 4) is 17.1 Å². The summed E-state index contributed by atoms with van der Waals surface area (Å²) < 4.78 is 60.7. The first kappa shape index (κ1) is 21.6. The average Bonchev–Trinajstić information content (AvgIpc) is 3.17. The molecular weight excluding hydrogens is 440 g/mol. The SMILES string of the molecule is C[C@@]1(c2cc(-c3cnn(-c4ncc(Cl)cn4)c3)ccc2F)C[C@@H](C(F)(F)F)OC(N)N1. The third-order valence-electron chi connectivity index (χ3n) is 5.02. The fraction of sp³-hybridized carbons (Fsp3) is 0.316. The molecule has 164 valence electrons. The van der Waals surface area contributed by atoms with Gasteiger partial charge in [0.25, 0.3) is 5.95 Å². The van der Waals surface area contributed by atoms with Gasteiger partial charge in [-0.25, -0.2) is 19.0 Å². The minimum absolute atomic E-state index is 0.0356. The summed E-state index contributed by atoms with van der Waals surface area (Å²) in [4.78, 5) is 8.13. The normalized spacial score (nSPS) is 24.4. The number of hydrogen-bond acceptors (Lipinski definition) is 6. The van der Waals surface area contributed by atoms with Gasteiger partial charge in [-0.15, -0.1) is 0 Å². The van der Waals surface area contributed by atoms with E-state index in [-0.39, 0.29) is 11.5 Å². The van der Waals surface area contributed by atoms with Gasteiger partial charge in [0.05, 0.1) is 23.6 Å². The quantitative estimate of drug-likeness (QED) is 0.586. The molecule has 31 heavy (non-hydrogen) atoms. The average molecular weight is 457 g/mol. The molecular formula is C19H17ClF4N6O. The number of benzene rings is 1. The molecule has 1 aliphatic rings. The van der Waals surface area contributed by atoms with Crippen LogP contribution in [0, 0.1) is 5.82 Å². The van der Waals surface area contributed by atoms with Gasteiger partial charge in [0.2, 0.25) is 0 Å². The Morgan fingerprint density at radius 1 is 1.23 bits per heavy atom. The van der Waals surface area contributed by atoms with E-state index >= 15 is 0 Å². The van der Waals surface area contributed by atoms with Crippen molar-refractivity contribution in [2.75, 3.05) is 0 Å². The van der Waals surface area contributed by atoms with Gasteiger partial charge in [-0.1, -0.05) is 17.7 Å². The molecule has 1 saturated heterocycles. The number of alkyl halides is 3. The molecule has 3 N–H and O–H groups in total. The first-order valence-electron chi connectivity index (χ1n) is 9.14. The van der Waals surface area contributed by atoms with Gasteiger partial charge in [-0.3, -0.25) is 11.1 Å². The number of aromatic nitrogens is 4. The minimum atomic E-state index is -4.63. The summed E-state index contributed by atoms with van der Waals surface area (Å²) in [5, 5.41) is 7.28. The monoisotopic (exact) mass is 456 g/mol. The number of rotatable bonds is 3. The second-order valence-corrected chi connectivity index (χ2v) is 7.77. The Labute approximate surface area is 179 Å². The fourth-order valence-corrected chi connectivity index (χ4v) is 3.61. The minimum Gasteiger partial charge on any atom is -0.337 e. The van der Waals surface area contributed by atoms with Crippen molar-refractivity contribution in [1.29, 1.82) is 0 Å². The van der Waals surface area contributed by atoms with Crippen LogP contribution >= 0.6 is 11.6 Å². The highest BCUT2D eigenvalue weighted by atomic mass is 35.5. The first-order chi connectivity index (χ1) is 14.5. The van der Waals surface area contributed by atoms with Crippen LogP contribution in [0.3, 0.4) is 0 Å². The molecule has 0 radical (unpaired) electrons. The van der Waals surface area contributed by atoms with E-state index in [0.717, 1.165) is 0 Å². The Hall–Kier alpha value is -2.60. The van der Waals surface area contributed by atoms with Crippen molar-refractivity contribution >= 4 is 11.6 Å². The Morgan fingerprint density at radius 3 is 2.61 bits per heavy atom. The third kappa shape index (κ3) is 4.40. The maximum absolute atomic E-state index is 14.7. The Bertz CT molecular complexity index is 1090. The number of nitrogens with one attached hydrogen (secondary N) is 1. The van der Waals surface area contributed by atoms with Crippen molar-refractivity contribution in [3.63, 3.8) is 0 Å². The molecule has 12 heteroatoms. The summed E-state index contributed by atoms with van der Waals surface area (Å²) in [6.45, 7) is 1.46. The molecule has 0 amide bonds. The lowest BCUT2D eigenvalue weighted by molar-refractivity contribution is -0.260. The topological polar surface area (TPSA) is 90.9 Å². The van der Waals surface area contributed by atoms with Crippen LogP contribution in [0.25, 0.3) is 17.1 Å². The zero-order chi connectivity index (χ0) is 22.4. The van der Waals surface area contributed by atoms with Crippen LogP contribution < -0.4 is 11.1 Å². The fourth-order valence-electron chi connectivity index (χ4n) is 3.52. The van der Waals surface area contributed by atoms with E-state index in [1.807, 2.05) is 0 Å². The van der Waals surface area contributed by atoms with Gasteiger partial charge in [0.15, 0.2) is 12.5 Å². The van der Waals surface area contributed by atoms with Crippen molar-refractivity contribution in [1.82, 2.24) is 25.1 Å². The zero-order valence-electron chi connectivity index (χ0n) is 16.1. The van der Waals surface area contributed by atoms with E-state index in [9.17, 15) is 17.6 Å². The van der Waals surface area contributed by atoms with E-state index in [1.54, 1.807) is 6.20 Å². The molecule has 1 fully saturated rings. The molecule has 7 nitrogen and oxygen atoms in total. The second-order valence-electron chi connectivity index (χ2n) is 7.34. The highest BCUT2D eigenvalue weighted by Crippen LogP contribution is 2.39. The molecule has 1 aromatic carbocycles. The van der Waals surface area contributed by atoms with E-state index in [2.05, 4.69) is 20.4 Å². The largest absolute Gasteiger partial charge is 0.414 e. The Kier molecular flexibility index (Phi) is 5.46. The summed E-state index contributed by atoms with van der Waals surface area (Å²) in [6.07, 6.45) is -2.74. The molecule has 3 heterocycles. The van der Waals surface area contributed by atoms with E-state index in [0.29, 0.717) is 16.1 Å². The molecule has 0 bridgehead atoms. The Balaban J connectivity index is 1.68. The molecule has 3 aromatic rings. The lowest BCUT2D eigenvalue weighted by Gasteiger charge is -2.43. The number of hydrogen-bond donors (Lipinski definition) is 2. The lowest BCUT2D eigenvalue weighted by atomic mass is 9.83. The summed E-state index contributed by atoms with van der Waals surface area (Å²) >= 11 is 5.78. The highest BCUT2D eigenvalue weighted by molar-refractivity contribution is 6.30. The van der Waals surface area contributed by atoms with E-state index in [1.165, 1.54) is 48.4 Å². The van der Waals surface area contributed by atoms with Crippen molar-refractivity contribution in [3.05, 3.63) is 59.4 Å². The number of nitrogens with two attached hydrogens (primary N) is 1. The van der Waals surface area contributed by atoms with Crippen LogP contribution in [0.15, 0.2) is 43.0 Å². The summed E-state index contributed by atoms with van der Waals surface area (Å²) in [6, 6.07) is 4.17. The highest BCUT2D eigenvalue weighted by Gasteiger charge is 2.50. The summed E-state index contributed by atoms with van der Waals surface area (Å²) in [7, 11) is 0. The predicted octanol–water partition coefficient (Wildman–Crippen LogP) is 3.52. The molecule has 1 unspecified atom stereocenters. The standard InChI is InChI=1S/C19H17ClF4N6O/c1-18(5-15(19(22,23)24)31-16(25)29-18)13-4-10(2-3-14(13)21)11-6-28-30(9-11)17-26-7-12(20)8-27-17/h2-4,6-9,15-16,29H,5,25H2,1H3/t15-,16?,18-/m0/s1. The maximum Gasteiger partial charge on any atom is 0.414 e. The molecule has 0 spiro atoms. The molecule has 0 saturated carbocycles. The number of ether oxygens (including phenoxy) is 1. The van der Waals surface area contributed by atoms with Crippen molar-refractivity contribution < 1.29 is 22.3 Å². The van der Waals surface area contributed by atoms with Crippen LogP contribution in [-0.4, -0.2) is 38.4 Å². The van der Waals surface area contributed by atoms with Crippen LogP contribution in [0.4, 0.5) is 17.6 Å². The number of halogens is 5. The maximum atomic E-state index is 14.7. The van der Waals surface area contributed by atoms with Crippen LogP contribution in [0.1, 0.15) is 18.9 Å². The molecule has 4 rings (SSSR count). The number of nitrogens with zero attached hydrogens (tertiary/aromatic N) is 4. The van der Waals surface area contributed by atoms with Gasteiger partial charge in [0.1, 0.15) is 5.82 Å². The Morgan fingerprint density at radius 2 is 1.94 bits per heavy atom. The van der Waals surface area contributed by atoms with Crippen molar-refractivity contribution in [2.24, 2.45) is 5.73 Å². The second kappa shape index (κ2) is 7.83. The van der Waals surface area contributed by atoms with Gasteiger partial charge in [-0.05, 0) is 24.6 Å². The van der Waals surface area contributed by atoms with Crippen LogP contribution in [0.5, 0.6) is 0 Å². The summed E-state index contributed by atoms with van der Waals surface area (Å²) in [5.74, 6) is -0.391. The van der Waals surface area contributed by atoms with E-state index < -0.39 is 36.4 Å².